The van der Waals surface area contributed by atoms with Gasteiger partial charge in [0.05, 0.1) is 18.8 Å². The Kier molecular flexibility index (Phi) is 9.48. The standard InChI is InChI=1S/C14H29NO3/c16-10-6-2-1-5-9-15-11-13(17)12-18-14-7-3-4-8-14/h13-17H,1-12H2. The van der Waals surface area contributed by atoms with E-state index in [0.29, 0.717) is 25.9 Å². The molecule has 108 valence electrons. The zero-order chi connectivity index (χ0) is 13.1. The predicted octanol–water partition coefficient (Wildman–Crippen LogP) is 1.45. The SMILES string of the molecule is OCCCCCCNCC(O)COC1CCCC1. The van der Waals surface area contributed by atoms with Gasteiger partial charge in [-0.15, -0.1) is 0 Å². The molecule has 1 atom stereocenters. The maximum absolute atomic E-state index is 9.73. The largest absolute Gasteiger partial charge is 0.396 e. The lowest BCUT2D eigenvalue weighted by Gasteiger charge is -2.16. The van der Waals surface area contributed by atoms with E-state index in [0.717, 1.165) is 45.1 Å². The smallest absolute Gasteiger partial charge is 0.0897 e. The van der Waals surface area contributed by atoms with E-state index in [1.54, 1.807) is 0 Å². The van der Waals surface area contributed by atoms with Crippen LogP contribution in [-0.2, 0) is 4.74 Å². The number of ether oxygens (including phenoxy) is 1. The van der Waals surface area contributed by atoms with Crippen LogP contribution in [0.2, 0.25) is 0 Å². The van der Waals surface area contributed by atoms with E-state index in [1.165, 1.54) is 12.8 Å². The number of aliphatic hydroxyl groups is 2. The minimum absolute atomic E-state index is 0.296. The van der Waals surface area contributed by atoms with Crippen LogP contribution < -0.4 is 5.32 Å². The van der Waals surface area contributed by atoms with Crippen molar-refractivity contribution in [2.75, 3.05) is 26.3 Å². The first-order valence-electron chi connectivity index (χ1n) is 7.44. The number of hydrogen-bond acceptors (Lipinski definition) is 4. The highest BCUT2D eigenvalue weighted by molar-refractivity contribution is 4.68. The van der Waals surface area contributed by atoms with Crippen LogP contribution >= 0.6 is 0 Å². The molecular formula is C14H29NO3. The van der Waals surface area contributed by atoms with Crippen LogP contribution in [0.1, 0.15) is 51.4 Å². The van der Waals surface area contributed by atoms with E-state index in [1.807, 2.05) is 0 Å². The van der Waals surface area contributed by atoms with Gasteiger partial charge in [-0.2, -0.15) is 0 Å². The van der Waals surface area contributed by atoms with Crippen LogP contribution in [0.15, 0.2) is 0 Å². The van der Waals surface area contributed by atoms with Crippen LogP contribution in [0, 0.1) is 0 Å². The summed E-state index contributed by atoms with van der Waals surface area (Å²) in [5.41, 5.74) is 0. The molecule has 0 saturated heterocycles. The Hall–Kier alpha value is -0.160. The van der Waals surface area contributed by atoms with Crippen LogP contribution in [0.4, 0.5) is 0 Å². The van der Waals surface area contributed by atoms with Crippen LogP contribution in [0.5, 0.6) is 0 Å². The molecule has 3 N–H and O–H groups in total. The molecule has 0 heterocycles. The number of hydrogen-bond donors (Lipinski definition) is 3. The second kappa shape index (κ2) is 10.7. The van der Waals surface area contributed by atoms with E-state index in [-0.39, 0.29) is 6.10 Å². The van der Waals surface area contributed by atoms with Gasteiger partial charge < -0.3 is 20.3 Å². The molecule has 0 aromatic rings. The lowest BCUT2D eigenvalue weighted by molar-refractivity contribution is -0.00535. The van der Waals surface area contributed by atoms with E-state index in [2.05, 4.69) is 5.32 Å². The van der Waals surface area contributed by atoms with Crippen molar-refractivity contribution in [2.45, 2.75) is 63.6 Å². The normalized spacial score (nSPS) is 18.3. The minimum atomic E-state index is -0.386. The highest BCUT2D eigenvalue weighted by atomic mass is 16.5. The predicted molar refractivity (Wildman–Crippen MR) is 72.6 cm³/mol. The van der Waals surface area contributed by atoms with Crippen molar-refractivity contribution in [1.29, 1.82) is 0 Å². The Labute approximate surface area is 111 Å². The molecule has 0 spiro atoms. The van der Waals surface area contributed by atoms with Crippen molar-refractivity contribution in [1.82, 2.24) is 5.32 Å². The Balaban J connectivity index is 1.82. The van der Waals surface area contributed by atoms with E-state index >= 15 is 0 Å². The zero-order valence-corrected chi connectivity index (χ0v) is 11.4. The van der Waals surface area contributed by atoms with Crippen molar-refractivity contribution in [3.63, 3.8) is 0 Å². The second-order valence-electron chi connectivity index (χ2n) is 5.24. The van der Waals surface area contributed by atoms with Crippen molar-refractivity contribution >= 4 is 0 Å². The first-order chi connectivity index (χ1) is 8.83. The molecule has 0 amide bonds. The van der Waals surface area contributed by atoms with Gasteiger partial charge in [0, 0.05) is 13.2 Å². The summed E-state index contributed by atoms with van der Waals surface area (Å²) in [6.07, 6.45) is 9.10. The molecule has 4 heteroatoms. The first kappa shape index (κ1) is 15.9. The van der Waals surface area contributed by atoms with Gasteiger partial charge in [-0.25, -0.2) is 0 Å². The highest BCUT2D eigenvalue weighted by Crippen LogP contribution is 2.20. The van der Waals surface area contributed by atoms with E-state index in [9.17, 15) is 5.11 Å². The fraction of sp³-hybridized carbons (Fsp3) is 1.00. The average molecular weight is 259 g/mol. The van der Waals surface area contributed by atoms with E-state index in [4.69, 9.17) is 9.84 Å². The lowest BCUT2D eigenvalue weighted by atomic mass is 10.2. The van der Waals surface area contributed by atoms with Gasteiger partial charge in [0.25, 0.3) is 0 Å². The highest BCUT2D eigenvalue weighted by Gasteiger charge is 2.16. The molecule has 4 nitrogen and oxygen atoms in total. The molecular weight excluding hydrogens is 230 g/mol. The molecule has 1 unspecified atom stereocenters. The number of aliphatic hydroxyl groups excluding tert-OH is 2. The van der Waals surface area contributed by atoms with Crippen molar-refractivity contribution in [3.8, 4) is 0 Å². The maximum Gasteiger partial charge on any atom is 0.0897 e. The fourth-order valence-corrected chi connectivity index (χ4v) is 2.35. The molecule has 0 aliphatic heterocycles. The summed E-state index contributed by atoms with van der Waals surface area (Å²) in [7, 11) is 0. The molecule has 1 fully saturated rings. The third-order valence-electron chi connectivity index (χ3n) is 3.47. The Bertz CT molecular complexity index is 184. The van der Waals surface area contributed by atoms with Gasteiger partial charge in [-0.05, 0) is 32.2 Å². The second-order valence-corrected chi connectivity index (χ2v) is 5.24. The molecule has 1 rings (SSSR count). The van der Waals surface area contributed by atoms with Crippen molar-refractivity contribution in [3.05, 3.63) is 0 Å². The van der Waals surface area contributed by atoms with Crippen LogP contribution in [0.25, 0.3) is 0 Å². The third-order valence-corrected chi connectivity index (χ3v) is 3.47. The third kappa shape index (κ3) is 8.03. The number of unbranched alkanes of at least 4 members (excludes halogenated alkanes) is 3. The summed E-state index contributed by atoms with van der Waals surface area (Å²) in [4.78, 5) is 0. The molecule has 18 heavy (non-hydrogen) atoms. The summed E-state index contributed by atoms with van der Waals surface area (Å²) < 4.78 is 5.66. The van der Waals surface area contributed by atoms with Gasteiger partial charge in [0.2, 0.25) is 0 Å². The molecule has 0 aromatic heterocycles. The zero-order valence-electron chi connectivity index (χ0n) is 11.4. The van der Waals surface area contributed by atoms with Gasteiger partial charge in [0.1, 0.15) is 0 Å². The average Bonchev–Trinajstić information content (AvgIpc) is 2.88. The number of nitrogens with one attached hydrogen (secondary N) is 1. The Morgan fingerprint density at radius 2 is 1.83 bits per heavy atom. The molecule has 0 bridgehead atoms. The lowest BCUT2D eigenvalue weighted by Crippen LogP contribution is -2.32. The topological polar surface area (TPSA) is 61.7 Å². The summed E-state index contributed by atoms with van der Waals surface area (Å²) in [6, 6.07) is 0. The molecule has 1 aliphatic carbocycles. The Morgan fingerprint density at radius 3 is 2.56 bits per heavy atom. The van der Waals surface area contributed by atoms with Crippen LogP contribution in [-0.4, -0.2) is 48.7 Å². The van der Waals surface area contributed by atoms with Gasteiger partial charge in [-0.3, -0.25) is 0 Å². The van der Waals surface area contributed by atoms with Gasteiger partial charge >= 0.3 is 0 Å². The summed E-state index contributed by atoms with van der Waals surface area (Å²) in [5, 5.41) is 21.6. The minimum Gasteiger partial charge on any atom is -0.396 e. The maximum atomic E-state index is 9.73. The number of rotatable bonds is 11. The van der Waals surface area contributed by atoms with Crippen LogP contribution in [0.3, 0.4) is 0 Å². The summed E-state index contributed by atoms with van der Waals surface area (Å²) >= 11 is 0. The fourth-order valence-electron chi connectivity index (χ4n) is 2.35. The molecule has 0 aromatic carbocycles. The Morgan fingerprint density at radius 1 is 1.11 bits per heavy atom. The van der Waals surface area contributed by atoms with Gasteiger partial charge in [0.15, 0.2) is 0 Å². The quantitative estimate of drug-likeness (QED) is 0.492. The summed E-state index contributed by atoms with van der Waals surface area (Å²) in [6.45, 7) is 2.31. The molecule has 1 saturated carbocycles. The van der Waals surface area contributed by atoms with Gasteiger partial charge in [-0.1, -0.05) is 25.7 Å². The molecule has 1 aliphatic rings. The van der Waals surface area contributed by atoms with Crippen molar-refractivity contribution in [2.24, 2.45) is 0 Å². The monoisotopic (exact) mass is 259 g/mol. The first-order valence-corrected chi connectivity index (χ1v) is 7.44. The van der Waals surface area contributed by atoms with Crippen molar-refractivity contribution < 1.29 is 14.9 Å². The summed E-state index contributed by atoms with van der Waals surface area (Å²) in [5.74, 6) is 0. The molecule has 0 radical (unpaired) electrons. The van der Waals surface area contributed by atoms with E-state index < -0.39 is 0 Å².